The van der Waals surface area contributed by atoms with Crippen molar-refractivity contribution >= 4 is 11.9 Å². The number of carboxylic acid groups (broad SMARTS) is 1. The molecule has 116 valence electrons. The number of rotatable bonds is 4. The number of hydrogen-bond acceptors (Lipinski definition) is 2. The Balaban J connectivity index is 2.44. The van der Waals surface area contributed by atoms with Crippen LogP contribution in [0.1, 0.15) is 39.5 Å². The summed E-state index contributed by atoms with van der Waals surface area (Å²) >= 11 is 0. The van der Waals surface area contributed by atoms with Crippen LogP contribution in [-0.4, -0.2) is 29.2 Å². The zero-order valence-corrected chi connectivity index (χ0v) is 11.5. The maximum absolute atomic E-state index is 12.5. The summed E-state index contributed by atoms with van der Waals surface area (Å²) in [5.74, 6) is -4.27. The van der Waals surface area contributed by atoms with Crippen LogP contribution in [-0.2, 0) is 9.59 Å². The van der Waals surface area contributed by atoms with Gasteiger partial charge in [-0.05, 0) is 25.7 Å². The van der Waals surface area contributed by atoms with Gasteiger partial charge >= 0.3 is 12.1 Å². The summed E-state index contributed by atoms with van der Waals surface area (Å²) in [6.45, 7) is 2.95. The first-order valence-electron chi connectivity index (χ1n) is 6.72. The van der Waals surface area contributed by atoms with Gasteiger partial charge in [0.2, 0.25) is 5.91 Å². The number of halogens is 3. The van der Waals surface area contributed by atoms with Crippen LogP contribution in [0.25, 0.3) is 0 Å². The van der Waals surface area contributed by atoms with Crippen molar-refractivity contribution in [3.63, 3.8) is 0 Å². The monoisotopic (exact) mass is 295 g/mol. The van der Waals surface area contributed by atoms with E-state index < -0.39 is 35.8 Å². The molecule has 1 saturated carbocycles. The third-order valence-electron chi connectivity index (χ3n) is 4.09. The van der Waals surface area contributed by atoms with Gasteiger partial charge in [0, 0.05) is 12.0 Å². The number of hydrogen-bond donors (Lipinski definition) is 2. The van der Waals surface area contributed by atoms with Crippen molar-refractivity contribution in [1.29, 1.82) is 0 Å². The first kappa shape index (κ1) is 16.8. The highest BCUT2D eigenvalue weighted by atomic mass is 19.4. The van der Waals surface area contributed by atoms with E-state index in [1.54, 1.807) is 0 Å². The lowest BCUT2D eigenvalue weighted by atomic mass is 9.85. The molecule has 2 atom stereocenters. The summed E-state index contributed by atoms with van der Waals surface area (Å²) < 4.78 is 37.5. The Morgan fingerprint density at radius 3 is 2.00 bits per heavy atom. The van der Waals surface area contributed by atoms with Crippen molar-refractivity contribution in [2.24, 2.45) is 17.8 Å². The molecular formula is C13H20F3NO3. The maximum atomic E-state index is 12.5. The number of nitrogens with one attached hydrogen (secondary N) is 1. The van der Waals surface area contributed by atoms with Crippen molar-refractivity contribution in [2.75, 3.05) is 0 Å². The van der Waals surface area contributed by atoms with Gasteiger partial charge in [0.1, 0.15) is 0 Å². The standard InChI is InChI=1S/C13H20F3NO3/c1-7(8(2)12(19)20)11(18)17-10-5-3-9(4-6-10)13(14,15)16/h7-10H,3-6H2,1-2H3,(H,17,18)(H,19,20). The lowest BCUT2D eigenvalue weighted by Crippen LogP contribution is -2.44. The van der Waals surface area contributed by atoms with Crippen molar-refractivity contribution < 1.29 is 27.9 Å². The normalized spacial score (nSPS) is 26.6. The second kappa shape index (κ2) is 6.45. The molecule has 0 aromatic carbocycles. The largest absolute Gasteiger partial charge is 0.481 e. The van der Waals surface area contributed by atoms with Gasteiger partial charge in [-0.15, -0.1) is 0 Å². The van der Waals surface area contributed by atoms with Crippen LogP contribution in [0, 0.1) is 17.8 Å². The zero-order chi connectivity index (χ0) is 15.5. The summed E-state index contributed by atoms with van der Waals surface area (Å²) in [6.07, 6.45) is -3.58. The molecule has 0 aliphatic heterocycles. The molecule has 7 heteroatoms. The Morgan fingerprint density at radius 2 is 1.60 bits per heavy atom. The van der Waals surface area contributed by atoms with Crippen molar-refractivity contribution in [3.8, 4) is 0 Å². The Kier molecular flexibility index (Phi) is 5.42. The predicted octanol–water partition coefficient (Wildman–Crippen LogP) is 2.58. The zero-order valence-electron chi connectivity index (χ0n) is 11.5. The van der Waals surface area contributed by atoms with E-state index in [2.05, 4.69) is 5.32 Å². The first-order valence-corrected chi connectivity index (χ1v) is 6.72. The molecule has 1 aliphatic carbocycles. The van der Waals surface area contributed by atoms with Crippen LogP contribution in [0.4, 0.5) is 13.2 Å². The number of carbonyl (C=O) groups excluding carboxylic acids is 1. The van der Waals surface area contributed by atoms with E-state index in [1.807, 2.05) is 0 Å². The molecule has 0 heterocycles. The lowest BCUT2D eigenvalue weighted by Gasteiger charge is -2.31. The van der Waals surface area contributed by atoms with Gasteiger partial charge in [0.05, 0.1) is 11.8 Å². The molecule has 2 N–H and O–H groups in total. The van der Waals surface area contributed by atoms with Gasteiger partial charge in [-0.25, -0.2) is 0 Å². The maximum Gasteiger partial charge on any atom is 0.391 e. The topological polar surface area (TPSA) is 66.4 Å². The van der Waals surface area contributed by atoms with E-state index in [0.29, 0.717) is 0 Å². The number of amides is 1. The minimum Gasteiger partial charge on any atom is -0.481 e. The Bertz CT molecular complexity index is 362. The molecule has 4 nitrogen and oxygen atoms in total. The van der Waals surface area contributed by atoms with Crippen LogP contribution in [0.3, 0.4) is 0 Å². The molecule has 2 unspecified atom stereocenters. The van der Waals surface area contributed by atoms with Crippen molar-refractivity contribution in [2.45, 2.75) is 51.7 Å². The molecule has 0 aromatic rings. The summed E-state index contributed by atoms with van der Waals surface area (Å²) in [6, 6.07) is -0.287. The third kappa shape index (κ3) is 4.38. The fourth-order valence-electron chi connectivity index (χ4n) is 2.34. The van der Waals surface area contributed by atoms with Crippen LogP contribution in [0.15, 0.2) is 0 Å². The number of carbonyl (C=O) groups is 2. The molecular weight excluding hydrogens is 275 g/mol. The minimum absolute atomic E-state index is 0.0112. The molecule has 0 radical (unpaired) electrons. The lowest BCUT2D eigenvalue weighted by molar-refractivity contribution is -0.182. The van der Waals surface area contributed by atoms with Crippen LogP contribution in [0.5, 0.6) is 0 Å². The van der Waals surface area contributed by atoms with Crippen molar-refractivity contribution in [1.82, 2.24) is 5.32 Å². The number of aliphatic carboxylic acids is 1. The van der Waals surface area contributed by atoms with Gasteiger partial charge in [-0.1, -0.05) is 13.8 Å². The fraction of sp³-hybridized carbons (Fsp3) is 0.846. The molecule has 1 amide bonds. The average Bonchev–Trinajstić information content (AvgIpc) is 2.36. The first-order chi connectivity index (χ1) is 9.12. The molecule has 0 bridgehead atoms. The van der Waals surface area contributed by atoms with Crippen LogP contribution < -0.4 is 5.32 Å². The van der Waals surface area contributed by atoms with E-state index in [0.717, 1.165) is 0 Å². The quantitative estimate of drug-likeness (QED) is 0.837. The summed E-state index contributed by atoms with van der Waals surface area (Å²) in [7, 11) is 0. The summed E-state index contributed by atoms with van der Waals surface area (Å²) in [4.78, 5) is 22.6. The molecule has 1 rings (SSSR count). The van der Waals surface area contributed by atoms with E-state index >= 15 is 0 Å². The highest BCUT2D eigenvalue weighted by molar-refractivity contribution is 5.84. The van der Waals surface area contributed by atoms with E-state index in [-0.39, 0.29) is 31.7 Å². The van der Waals surface area contributed by atoms with Crippen molar-refractivity contribution in [3.05, 3.63) is 0 Å². The molecule has 1 fully saturated rings. The van der Waals surface area contributed by atoms with E-state index in [4.69, 9.17) is 5.11 Å². The second-order valence-electron chi connectivity index (χ2n) is 5.51. The van der Waals surface area contributed by atoms with Gasteiger partial charge in [-0.2, -0.15) is 13.2 Å². The van der Waals surface area contributed by atoms with Gasteiger partial charge in [0.25, 0.3) is 0 Å². The molecule has 1 aliphatic rings. The Labute approximate surface area is 115 Å². The van der Waals surface area contributed by atoms with E-state index in [1.165, 1.54) is 13.8 Å². The minimum atomic E-state index is -4.17. The highest BCUT2D eigenvalue weighted by Gasteiger charge is 2.41. The molecule has 0 saturated heterocycles. The molecule has 20 heavy (non-hydrogen) atoms. The summed E-state index contributed by atoms with van der Waals surface area (Å²) in [5.41, 5.74) is 0. The van der Waals surface area contributed by atoms with E-state index in [9.17, 15) is 22.8 Å². The fourth-order valence-corrected chi connectivity index (χ4v) is 2.34. The molecule has 0 spiro atoms. The van der Waals surface area contributed by atoms with Crippen LogP contribution >= 0.6 is 0 Å². The predicted molar refractivity (Wildman–Crippen MR) is 65.9 cm³/mol. The Morgan fingerprint density at radius 1 is 1.10 bits per heavy atom. The SMILES string of the molecule is CC(C(=O)O)C(C)C(=O)NC1CCC(C(F)(F)F)CC1. The summed E-state index contributed by atoms with van der Waals surface area (Å²) in [5, 5.41) is 11.5. The second-order valence-corrected chi connectivity index (χ2v) is 5.51. The molecule has 0 aromatic heterocycles. The average molecular weight is 295 g/mol. The van der Waals surface area contributed by atoms with Gasteiger partial charge in [0.15, 0.2) is 0 Å². The Hall–Kier alpha value is -1.27. The number of alkyl halides is 3. The van der Waals surface area contributed by atoms with Crippen LogP contribution in [0.2, 0.25) is 0 Å². The highest BCUT2D eigenvalue weighted by Crippen LogP contribution is 2.37. The van der Waals surface area contributed by atoms with Gasteiger partial charge in [-0.3, -0.25) is 9.59 Å². The smallest absolute Gasteiger partial charge is 0.391 e. The number of carboxylic acids is 1. The van der Waals surface area contributed by atoms with Gasteiger partial charge < -0.3 is 10.4 Å². The third-order valence-corrected chi connectivity index (χ3v) is 4.09.